The summed E-state index contributed by atoms with van der Waals surface area (Å²) in [6.07, 6.45) is -1.83. The number of esters is 1. The zero-order valence-corrected chi connectivity index (χ0v) is 10.5. The lowest BCUT2D eigenvalue weighted by atomic mass is 10.1. The second-order valence-electron chi connectivity index (χ2n) is 3.30. The Morgan fingerprint density at radius 2 is 2.00 bits per heavy atom. The van der Waals surface area contributed by atoms with Gasteiger partial charge in [0.1, 0.15) is 0 Å². The van der Waals surface area contributed by atoms with Gasteiger partial charge in [-0.15, -0.1) is 0 Å². The fraction of sp³-hybridized carbons (Fsp3) is 0.273. The Bertz CT molecular complexity index is 445. The van der Waals surface area contributed by atoms with Crippen molar-refractivity contribution in [3.63, 3.8) is 0 Å². The molecule has 0 aliphatic rings. The molecule has 1 N–H and O–H groups in total. The highest BCUT2D eigenvalue weighted by Crippen LogP contribution is 2.23. The molecule has 0 heterocycles. The summed E-state index contributed by atoms with van der Waals surface area (Å²) in [7, 11) is 1.13. The minimum Gasteiger partial charge on any atom is -0.467 e. The quantitative estimate of drug-likeness (QED) is 0.676. The Kier molecular flexibility index (Phi) is 4.93. The van der Waals surface area contributed by atoms with Gasteiger partial charge in [-0.2, -0.15) is 0 Å². The van der Waals surface area contributed by atoms with E-state index in [9.17, 15) is 14.7 Å². The monoisotopic (exact) mass is 276 g/mol. The number of carbonyl (C=O) groups is 2. The molecule has 0 saturated carbocycles. The third-order valence-corrected chi connectivity index (χ3v) is 2.83. The lowest BCUT2D eigenvalue weighted by Gasteiger charge is -2.07. The molecule has 6 heteroatoms. The van der Waals surface area contributed by atoms with Crippen LogP contribution in [0.2, 0.25) is 10.0 Å². The maximum absolute atomic E-state index is 11.7. The molecule has 0 radical (unpaired) electrons. The molecule has 1 rings (SSSR count). The van der Waals surface area contributed by atoms with Crippen molar-refractivity contribution in [2.45, 2.75) is 12.5 Å². The van der Waals surface area contributed by atoms with Crippen LogP contribution in [0.4, 0.5) is 0 Å². The molecule has 1 atom stereocenters. The van der Waals surface area contributed by atoms with Crippen molar-refractivity contribution in [2.75, 3.05) is 7.11 Å². The van der Waals surface area contributed by atoms with Crippen molar-refractivity contribution in [3.05, 3.63) is 33.8 Å². The molecule has 1 aromatic carbocycles. The number of hydrogen-bond donors (Lipinski definition) is 1. The SMILES string of the molecule is COC(=O)C(O)CC(=O)c1ccc(Cl)c(Cl)c1. The van der Waals surface area contributed by atoms with Crippen LogP contribution < -0.4 is 0 Å². The molecule has 0 aromatic heterocycles. The zero-order chi connectivity index (χ0) is 13.0. The average Bonchev–Trinajstić information content (AvgIpc) is 2.31. The van der Waals surface area contributed by atoms with Crippen LogP contribution in [0.15, 0.2) is 18.2 Å². The fourth-order valence-corrected chi connectivity index (χ4v) is 1.48. The summed E-state index contributed by atoms with van der Waals surface area (Å²) in [5, 5.41) is 9.89. The first-order valence-electron chi connectivity index (χ1n) is 4.70. The minimum atomic E-state index is -1.47. The van der Waals surface area contributed by atoms with Crippen LogP contribution in [0.1, 0.15) is 16.8 Å². The summed E-state index contributed by atoms with van der Waals surface area (Å²) >= 11 is 11.4. The average molecular weight is 277 g/mol. The minimum absolute atomic E-state index is 0.241. The number of hydrogen-bond acceptors (Lipinski definition) is 4. The standard InChI is InChI=1S/C11H10Cl2O4/c1-17-11(16)10(15)5-9(14)6-2-3-7(12)8(13)4-6/h2-4,10,15H,5H2,1H3. The molecule has 0 aliphatic heterocycles. The van der Waals surface area contributed by atoms with Gasteiger partial charge in [0.2, 0.25) is 0 Å². The van der Waals surface area contributed by atoms with Crippen LogP contribution in [0.3, 0.4) is 0 Å². The molecule has 1 aromatic rings. The van der Waals surface area contributed by atoms with Crippen molar-refractivity contribution in [1.82, 2.24) is 0 Å². The molecular formula is C11H10Cl2O4. The molecule has 92 valence electrons. The third-order valence-electron chi connectivity index (χ3n) is 2.09. The fourth-order valence-electron chi connectivity index (χ4n) is 1.18. The van der Waals surface area contributed by atoms with Crippen molar-refractivity contribution in [3.8, 4) is 0 Å². The van der Waals surface area contributed by atoms with E-state index in [0.29, 0.717) is 5.02 Å². The van der Waals surface area contributed by atoms with E-state index in [1.165, 1.54) is 18.2 Å². The molecule has 17 heavy (non-hydrogen) atoms. The lowest BCUT2D eigenvalue weighted by Crippen LogP contribution is -2.24. The topological polar surface area (TPSA) is 63.6 Å². The van der Waals surface area contributed by atoms with Gasteiger partial charge in [-0.3, -0.25) is 4.79 Å². The maximum Gasteiger partial charge on any atom is 0.335 e. The van der Waals surface area contributed by atoms with E-state index in [-0.39, 0.29) is 17.0 Å². The van der Waals surface area contributed by atoms with Crippen LogP contribution in [0, 0.1) is 0 Å². The summed E-state index contributed by atoms with van der Waals surface area (Å²) in [5.41, 5.74) is 0.280. The Balaban J connectivity index is 2.76. The Morgan fingerprint density at radius 1 is 1.35 bits per heavy atom. The number of aliphatic hydroxyl groups excluding tert-OH is 1. The second kappa shape index (κ2) is 6.00. The van der Waals surface area contributed by atoms with E-state index in [1.807, 2.05) is 0 Å². The molecule has 0 fully saturated rings. The third kappa shape index (κ3) is 3.70. The van der Waals surface area contributed by atoms with Gasteiger partial charge in [0.25, 0.3) is 0 Å². The normalized spacial score (nSPS) is 12.0. The van der Waals surface area contributed by atoms with Crippen LogP contribution in [-0.4, -0.2) is 30.1 Å². The van der Waals surface area contributed by atoms with Gasteiger partial charge in [-0.1, -0.05) is 23.2 Å². The Hall–Kier alpha value is -1.10. The highest BCUT2D eigenvalue weighted by Gasteiger charge is 2.20. The van der Waals surface area contributed by atoms with Crippen molar-refractivity contribution < 1.29 is 19.4 Å². The van der Waals surface area contributed by atoms with E-state index in [2.05, 4.69) is 4.74 Å². The lowest BCUT2D eigenvalue weighted by molar-refractivity contribution is -0.150. The number of carbonyl (C=O) groups excluding carboxylic acids is 2. The Morgan fingerprint density at radius 3 is 2.53 bits per heavy atom. The molecular weight excluding hydrogens is 267 g/mol. The number of halogens is 2. The number of Topliss-reactive ketones (excluding diaryl/α,β-unsaturated/α-hetero) is 1. The summed E-state index contributed by atoms with van der Waals surface area (Å²) in [6.45, 7) is 0. The number of ketones is 1. The van der Waals surface area contributed by atoms with Gasteiger partial charge in [-0.25, -0.2) is 4.79 Å². The predicted octanol–water partition coefficient (Wildman–Crippen LogP) is 2.10. The van der Waals surface area contributed by atoms with E-state index in [1.54, 1.807) is 0 Å². The molecule has 0 amide bonds. The molecule has 0 bridgehead atoms. The molecule has 0 saturated heterocycles. The number of methoxy groups -OCH3 is 1. The molecule has 1 unspecified atom stereocenters. The van der Waals surface area contributed by atoms with E-state index in [0.717, 1.165) is 7.11 Å². The Labute approximate surface area is 108 Å². The van der Waals surface area contributed by atoms with Gasteiger partial charge in [0.05, 0.1) is 17.2 Å². The number of aliphatic hydroxyl groups is 1. The molecule has 0 spiro atoms. The maximum atomic E-state index is 11.7. The second-order valence-corrected chi connectivity index (χ2v) is 4.11. The van der Waals surface area contributed by atoms with E-state index in [4.69, 9.17) is 23.2 Å². The first-order valence-corrected chi connectivity index (χ1v) is 5.45. The van der Waals surface area contributed by atoms with Crippen LogP contribution in [0.25, 0.3) is 0 Å². The van der Waals surface area contributed by atoms with Crippen molar-refractivity contribution >= 4 is 35.0 Å². The highest BCUT2D eigenvalue weighted by molar-refractivity contribution is 6.42. The van der Waals surface area contributed by atoms with Gasteiger partial charge < -0.3 is 9.84 Å². The largest absolute Gasteiger partial charge is 0.467 e. The van der Waals surface area contributed by atoms with Gasteiger partial charge >= 0.3 is 5.97 Å². The van der Waals surface area contributed by atoms with Gasteiger partial charge in [0.15, 0.2) is 11.9 Å². The van der Waals surface area contributed by atoms with Crippen LogP contribution in [-0.2, 0) is 9.53 Å². The van der Waals surface area contributed by atoms with Crippen LogP contribution >= 0.6 is 23.2 Å². The smallest absolute Gasteiger partial charge is 0.335 e. The first kappa shape index (κ1) is 14.0. The summed E-state index contributed by atoms with van der Waals surface area (Å²) < 4.78 is 4.30. The summed E-state index contributed by atoms with van der Waals surface area (Å²) in [6, 6.07) is 4.33. The molecule has 0 aliphatic carbocycles. The van der Waals surface area contributed by atoms with Gasteiger partial charge in [0, 0.05) is 12.0 Å². The summed E-state index contributed by atoms with van der Waals surface area (Å²) in [4.78, 5) is 22.6. The van der Waals surface area contributed by atoms with Crippen molar-refractivity contribution in [2.24, 2.45) is 0 Å². The van der Waals surface area contributed by atoms with E-state index >= 15 is 0 Å². The number of ether oxygens (including phenoxy) is 1. The van der Waals surface area contributed by atoms with Crippen LogP contribution in [0.5, 0.6) is 0 Å². The predicted molar refractivity (Wildman–Crippen MR) is 63.4 cm³/mol. The highest BCUT2D eigenvalue weighted by atomic mass is 35.5. The zero-order valence-electron chi connectivity index (χ0n) is 8.94. The van der Waals surface area contributed by atoms with Crippen molar-refractivity contribution in [1.29, 1.82) is 0 Å². The van der Waals surface area contributed by atoms with Gasteiger partial charge in [-0.05, 0) is 18.2 Å². The van der Waals surface area contributed by atoms with E-state index < -0.39 is 17.9 Å². The molecule has 4 nitrogen and oxygen atoms in total. The summed E-state index contributed by atoms with van der Waals surface area (Å²) in [5.74, 6) is -1.26. The number of benzene rings is 1. The number of rotatable bonds is 4. The first-order chi connectivity index (χ1) is 7.95.